The molecule has 19 heavy (non-hydrogen) atoms. The van der Waals surface area contributed by atoms with Gasteiger partial charge in [0.25, 0.3) is 0 Å². The fraction of sp³-hybridized carbons (Fsp3) is 0.647. The maximum atomic E-state index is 5.35. The van der Waals surface area contributed by atoms with E-state index in [-0.39, 0.29) is 0 Å². The van der Waals surface area contributed by atoms with Crippen LogP contribution in [-0.4, -0.2) is 14.2 Å². The van der Waals surface area contributed by atoms with Crippen LogP contribution in [0.1, 0.15) is 44.7 Å². The van der Waals surface area contributed by atoms with E-state index in [2.05, 4.69) is 44.4 Å². The van der Waals surface area contributed by atoms with Crippen molar-refractivity contribution in [3.63, 3.8) is 0 Å². The molecule has 1 aliphatic rings. The summed E-state index contributed by atoms with van der Waals surface area (Å²) in [4.78, 5) is 0. The van der Waals surface area contributed by atoms with E-state index in [0.29, 0.717) is 6.04 Å². The highest BCUT2D eigenvalue weighted by molar-refractivity contribution is 5.31. The number of hydrogen-bond donors (Lipinski definition) is 1. The lowest BCUT2D eigenvalue weighted by Gasteiger charge is -2.36. The molecule has 0 saturated heterocycles. The fourth-order valence-corrected chi connectivity index (χ4v) is 3.79. The van der Waals surface area contributed by atoms with Gasteiger partial charge in [0, 0.05) is 6.04 Å². The van der Waals surface area contributed by atoms with E-state index in [1.54, 1.807) is 7.11 Å². The number of rotatable bonds is 4. The van der Waals surface area contributed by atoms with E-state index in [4.69, 9.17) is 4.74 Å². The van der Waals surface area contributed by atoms with E-state index >= 15 is 0 Å². The van der Waals surface area contributed by atoms with Gasteiger partial charge in [-0.15, -0.1) is 0 Å². The Labute approximate surface area is 117 Å². The third-order valence-corrected chi connectivity index (χ3v) is 4.45. The van der Waals surface area contributed by atoms with E-state index in [9.17, 15) is 0 Å². The van der Waals surface area contributed by atoms with Crippen LogP contribution in [0.15, 0.2) is 24.3 Å². The Bertz CT molecular complexity index is 394. The molecule has 0 aromatic heterocycles. The average molecular weight is 261 g/mol. The molecule has 1 aromatic rings. The molecule has 2 heteroatoms. The standard InChI is InChI=1S/C17H27NO/c1-12-8-13(2)10-15(9-12)17(18-3)14-6-5-7-16(11-14)19-4/h5-7,11-13,15,17-18H,8-10H2,1-4H3. The first-order chi connectivity index (χ1) is 9.13. The molecule has 0 radical (unpaired) electrons. The molecule has 2 nitrogen and oxygen atoms in total. The molecule has 0 amide bonds. The minimum absolute atomic E-state index is 0.445. The zero-order valence-corrected chi connectivity index (χ0v) is 12.6. The van der Waals surface area contributed by atoms with E-state index in [1.165, 1.54) is 24.8 Å². The summed E-state index contributed by atoms with van der Waals surface area (Å²) < 4.78 is 5.35. The summed E-state index contributed by atoms with van der Waals surface area (Å²) >= 11 is 0. The van der Waals surface area contributed by atoms with Gasteiger partial charge in [-0.25, -0.2) is 0 Å². The highest BCUT2D eigenvalue weighted by Gasteiger charge is 2.30. The van der Waals surface area contributed by atoms with Crippen molar-refractivity contribution in [1.82, 2.24) is 5.32 Å². The van der Waals surface area contributed by atoms with Gasteiger partial charge in [-0.3, -0.25) is 0 Å². The van der Waals surface area contributed by atoms with Gasteiger partial charge in [-0.05, 0) is 61.8 Å². The Morgan fingerprint density at radius 1 is 1.16 bits per heavy atom. The maximum Gasteiger partial charge on any atom is 0.119 e. The first-order valence-corrected chi connectivity index (χ1v) is 7.45. The van der Waals surface area contributed by atoms with Crippen LogP contribution in [0, 0.1) is 17.8 Å². The van der Waals surface area contributed by atoms with Crippen molar-refractivity contribution < 1.29 is 4.74 Å². The van der Waals surface area contributed by atoms with Gasteiger partial charge in [-0.2, -0.15) is 0 Å². The second-order valence-corrected chi connectivity index (χ2v) is 6.22. The van der Waals surface area contributed by atoms with Crippen LogP contribution in [-0.2, 0) is 0 Å². The molecule has 0 heterocycles. The average Bonchev–Trinajstić information content (AvgIpc) is 2.39. The van der Waals surface area contributed by atoms with Crippen molar-refractivity contribution in [2.24, 2.45) is 17.8 Å². The largest absolute Gasteiger partial charge is 0.497 e. The summed E-state index contributed by atoms with van der Waals surface area (Å²) in [5.41, 5.74) is 1.35. The second kappa shape index (κ2) is 6.42. The molecule has 106 valence electrons. The van der Waals surface area contributed by atoms with Crippen molar-refractivity contribution >= 4 is 0 Å². The van der Waals surface area contributed by atoms with Crippen LogP contribution in [0.3, 0.4) is 0 Å². The SMILES string of the molecule is CNC(c1cccc(OC)c1)C1CC(C)CC(C)C1. The molecular formula is C17H27NO. The lowest BCUT2D eigenvalue weighted by atomic mass is 9.72. The smallest absolute Gasteiger partial charge is 0.119 e. The molecule has 3 unspecified atom stereocenters. The summed E-state index contributed by atoms with van der Waals surface area (Å²) in [6.07, 6.45) is 4.03. The first-order valence-electron chi connectivity index (χ1n) is 7.45. The predicted octanol–water partition coefficient (Wildman–Crippen LogP) is 4.03. The highest BCUT2D eigenvalue weighted by atomic mass is 16.5. The lowest BCUT2D eigenvalue weighted by Crippen LogP contribution is -2.31. The Hall–Kier alpha value is -1.02. The number of nitrogens with one attached hydrogen (secondary N) is 1. The molecule has 1 saturated carbocycles. The minimum Gasteiger partial charge on any atom is -0.497 e. The van der Waals surface area contributed by atoms with E-state index in [1.807, 2.05) is 6.07 Å². The number of hydrogen-bond acceptors (Lipinski definition) is 2. The second-order valence-electron chi connectivity index (χ2n) is 6.22. The molecule has 0 bridgehead atoms. The van der Waals surface area contributed by atoms with Crippen molar-refractivity contribution in [2.75, 3.05) is 14.2 Å². The Balaban J connectivity index is 2.18. The van der Waals surface area contributed by atoms with Gasteiger partial charge in [-0.1, -0.05) is 26.0 Å². The quantitative estimate of drug-likeness (QED) is 0.883. The van der Waals surface area contributed by atoms with Crippen molar-refractivity contribution in [3.8, 4) is 5.75 Å². The third kappa shape index (κ3) is 3.50. The van der Waals surface area contributed by atoms with Gasteiger partial charge in [0.05, 0.1) is 7.11 Å². The van der Waals surface area contributed by atoms with Crippen LogP contribution in [0.4, 0.5) is 0 Å². The van der Waals surface area contributed by atoms with E-state index in [0.717, 1.165) is 23.5 Å². The number of ether oxygens (including phenoxy) is 1. The van der Waals surface area contributed by atoms with Crippen LogP contribution >= 0.6 is 0 Å². The van der Waals surface area contributed by atoms with Crippen LogP contribution in [0.5, 0.6) is 5.75 Å². The van der Waals surface area contributed by atoms with Gasteiger partial charge in [0.2, 0.25) is 0 Å². The topological polar surface area (TPSA) is 21.3 Å². The molecule has 1 aromatic carbocycles. The molecule has 0 spiro atoms. The third-order valence-electron chi connectivity index (χ3n) is 4.45. The lowest BCUT2D eigenvalue weighted by molar-refractivity contribution is 0.180. The number of methoxy groups -OCH3 is 1. The molecule has 0 aliphatic heterocycles. The fourth-order valence-electron chi connectivity index (χ4n) is 3.79. The van der Waals surface area contributed by atoms with Crippen LogP contribution in [0.25, 0.3) is 0 Å². The normalized spacial score (nSPS) is 28.9. The van der Waals surface area contributed by atoms with Crippen molar-refractivity contribution in [2.45, 2.75) is 39.2 Å². The Morgan fingerprint density at radius 2 is 1.84 bits per heavy atom. The molecule has 1 aliphatic carbocycles. The van der Waals surface area contributed by atoms with Gasteiger partial charge in [0.15, 0.2) is 0 Å². The maximum absolute atomic E-state index is 5.35. The summed E-state index contributed by atoms with van der Waals surface area (Å²) in [5.74, 6) is 3.37. The molecule has 1 fully saturated rings. The van der Waals surface area contributed by atoms with Crippen molar-refractivity contribution in [3.05, 3.63) is 29.8 Å². The highest BCUT2D eigenvalue weighted by Crippen LogP contribution is 2.40. The summed E-state index contributed by atoms with van der Waals surface area (Å²) in [5, 5.41) is 3.52. The van der Waals surface area contributed by atoms with Crippen LogP contribution in [0.2, 0.25) is 0 Å². The molecule has 3 atom stereocenters. The Morgan fingerprint density at radius 3 is 2.42 bits per heavy atom. The summed E-state index contributed by atoms with van der Waals surface area (Å²) in [6, 6.07) is 8.94. The van der Waals surface area contributed by atoms with E-state index < -0.39 is 0 Å². The van der Waals surface area contributed by atoms with Crippen molar-refractivity contribution in [1.29, 1.82) is 0 Å². The molecular weight excluding hydrogens is 234 g/mol. The molecule has 1 N–H and O–H groups in total. The number of benzene rings is 1. The van der Waals surface area contributed by atoms with Gasteiger partial charge >= 0.3 is 0 Å². The minimum atomic E-state index is 0.445. The summed E-state index contributed by atoms with van der Waals surface area (Å²) in [7, 11) is 3.81. The monoisotopic (exact) mass is 261 g/mol. The van der Waals surface area contributed by atoms with Crippen LogP contribution < -0.4 is 10.1 Å². The van der Waals surface area contributed by atoms with Gasteiger partial charge in [0.1, 0.15) is 5.75 Å². The summed E-state index contributed by atoms with van der Waals surface area (Å²) in [6.45, 7) is 4.78. The first kappa shape index (κ1) is 14.4. The van der Waals surface area contributed by atoms with Gasteiger partial charge < -0.3 is 10.1 Å². The zero-order valence-electron chi connectivity index (χ0n) is 12.6. The molecule has 2 rings (SSSR count). The predicted molar refractivity (Wildman–Crippen MR) is 80.5 cm³/mol. The zero-order chi connectivity index (χ0) is 13.8. The Kier molecular flexibility index (Phi) is 4.87.